The number of amides is 1. The number of thioether (sulfide) groups is 1. The van der Waals surface area contributed by atoms with E-state index in [0.29, 0.717) is 15.8 Å². The van der Waals surface area contributed by atoms with Crippen molar-refractivity contribution in [3.8, 4) is 5.75 Å². The lowest BCUT2D eigenvalue weighted by molar-refractivity contribution is -0.113. The molecule has 31 heavy (non-hydrogen) atoms. The van der Waals surface area contributed by atoms with Gasteiger partial charge in [0.2, 0.25) is 0 Å². The number of amidine groups is 1. The van der Waals surface area contributed by atoms with Crippen molar-refractivity contribution in [2.45, 2.75) is 13.8 Å². The molecule has 3 aromatic rings. The molecule has 1 fully saturated rings. The first-order valence-electron chi connectivity index (χ1n) is 9.75. The molecule has 0 unspecified atom stereocenters. The number of halogens is 1. The van der Waals surface area contributed by atoms with Gasteiger partial charge in [-0.3, -0.25) is 9.69 Å². The Kier molecular flexibility index (Phi) is 6.30. The van der Waals surface area contributed by atoms with Crippen molar-refractivity contribution < 1.29 is 9.53 Å². The maximum Gasteiger partial charge on any atom is 0.271 e. The van der Waals surface area contributed by atoms with Crippen LogP contribution >= 0.6 is 27.7 Å². The molecular weight excluding hydrogens is 472 g/mol. The zero-order valence-corrected chi connectivity index (χ0v) is 19.8. The second-order valence-electron chi connectivity index (χ2n) is 7.10. The molecule has 0 aliphatic carbocycles. The number of hydrogen-bond acceptors (Lipinski definition) is 4. The number of hydrogen-bond donors (Lipinski definition) is 0. The van der Waals surface area contributed by atoms with Gasteiger partial charge in [-0.15, -0.1) is 0 Å². The summed E-state index contributed by atoms with van der Waals surface area (Å²) in [7, 11) is 1.62. The predicted molar refractivity (Wildman–Crippen MR) is 133 cm³/mol. The first-order valence-corrected chi connectivity index (χ1v) is 11.4. The lowest BCUT2D eigenvalue weighted by Gasteiger charge is -2.18. The molecule has 1 aliphatic rings. The summed E-state index contributed by atoms with van der Waals surface area (Å²) in [4.78, 5) is 20.7. The Morgan fingerprint density at radius 3 is 2.42 bits per heavy atom. The Labute approximate surface area is 194 Å². The van der Waals surface area contributed by atoms with Crippen molar-refractivity contribution in [1.29, 1.82) is 0 Å². The van der Waals surface area contributed by atoms with Crippen LogP contribution in [-0.2, 0) is 4.79 Å². The van der Waals surface area contributed by atoms with Gasteiger partial charge in [-0.2, -0.15) is 0 Å². The van der Waals surface area contributed by atoms with E-state index >= 15 is 0 Å². The molecular formula is C25H21BrN2O2S. The fourth-order valence-corrected chi connectivity index (χ4v) is 4.68. The summed E-state index contributed by atoms with van der Waals surface area (Å²) >= 11 is 4.87. The number of para-hydroxylation sites is 2. The van der Waals surface area contributed by atoms with E-state index in [0.717, 1.165) is 32.5 Å². The molecule has 6 heteroatoms. The van der Waals surface area contributed by atoms with Crippen molar-refractivity contribution in [3.63, 3.8) is 0 Å². The molecule has 0 atom stereocenters. The highest BCUT2D eigenvalue weighted by molar-refractivity contribution is 9.10. The van der Waals surface area contributed by atoms with Crippen LogP contribution in [0, 0.1) is 13.8 Å². The van der Waals surface area contributed by atoms with Crippen LogP contribution in [0.2, 0.25) is 0 Å². The average molecular weight is 493 g/mol. The summed E-state index contributed by atoms with van der Waals surface area (Å²) in [5, 5.41) is 0.633. The van der Waals surface area contributed by atoms with Crippen molar-refractivity contribution in [1.82, 2.24) is 0 Å². The second-order valence-corrected chi connectivity index (χ2v) is 9.03. The van der Waals surface area contributed by atoms with Gasteiger partial charge in [-0.1, -0.05) is 52.3 Å². The highest BCUT2D eigenvalue weighted by Crippen LogP contribution is 2.39. The van der Waals surface area contributed by atoms with Crippen molar-refractivity contribution >= 4 is 56.2 Å². The summed E-state index contributed by atoms with van der Waals surface area (Å²) < 4.78 is 6.40. The Balaban J connectivity index is 1.85. The van der Waals surface area contributed by atoms with E-state index in [4.69, 9.17) is 9.73 Å². The van der Waals surface area contributed by atoms with E-state index in [1.165, 1.54) is 11.8 Å². The van der Waals surface area contributed by atoms with E-state index in [1.54, 1.807) is 12.0 Å². The molecule has 4 rings (SSSR count). The SMILES string of the molecule is COc1ccc(Br)cc1/C=C1\SC(=Nc2ccccc2C)N(c2ccccc2C)C1=O. The van der Waals surface area contributed by atoms with Gasteiger partial charge in [-0.25, -0.2) is 4.99 Å². The number of methoxy groups -OCH3 is 1. The Hall–Kier alpha value is -2.83. The molecule has 3 aromatic carbocycles. The van der Waals surface area contributed by atoms with Gasteiger partial charge < -0.3 is 4.74 Å². The first kappa shape index (κ1) is 21.4. The van der Waals surface area contributed by atoms with Gasteiger partial charge in [0, 0.05) is 10.0 Å². The summed E-state index contributed by atoms with van der Waals surface area (Å²) in [5.41, 5.74) is 4.57. The van der Waals surface area contributed by atoms with Gasteiger partial charge in [0.25, 0.3) is 5.91 Å². The van der Waals surface area contributed by atoms with Gasteiger partial charge in [0.1, 0.15) is 5.75 Å². The maximum atomic E-state index is 13.5. The largest absolute Gasteiger partial charge is 0.496 e. The van der Waals surface area contributed by atoms with E-state index in [9.17, 15) is 4.79 Å². The lowest BCUT2D eigenvalue weighted by atomic mass is 10.1. The van der Waals surface area contributed by atoms with E-state index in [-0.39, 0.29) is 5.91 Å². The van der Waals surface area contributed by atoms with E-state index in [2.05, 4.69) is 15.9 Å². The predicted octanol–water partition coefficient (Wildman–Crippen LogP) is 6.88. The van der Waals surface area contributed by atoms with Crippen LogP contribution in [0.3, 0.4) is 0 Å². The molecule has 1 heterocycles. The van der Waals surface area contributed by atoms with Crippen LogP contribution in [0.15, 0.2) is 81.1 Å². The average Bonchev–Trinajstić information content (AvgIpc) is 3.05. The van der Waals surface area contributed by atoms with Crippen LogP contribution in [0.1, 0.15) is 16.7 Å². The van der Waals surface area contributed by atoms with Gasteiger partial charge in [-0.05, 0) is 73.1 Å². The van der Waals surface area contributed by atoms with Crippen molar-refractivity contribution in [2.24, 2.45) is 4.99 Å². The number of aliphatic imine (C=N–C) groups is 1. The number of nitrogens with zero attached hydrogens (tertiary/aromatic N) is 2. The van der Waals surface area contributed by atoms with Gasteiger partial charge >= 0.3 is 0 Å². The molecule has 1 amide bonds. The molecule has 0 radical (unpaired) electrons. The molecule has 0 spiro atoms. The van der Waals surface area contributed by atoms with Crippen molar-refractivity contribution in [2.75, 3.05) is 12.0 Å². The highest BCUT2D eigenvalue weighted by atomic mass is 79.9. The number of aryl methyl sites for hydroxylation is 2. The fraction of sp³-hybridized carbons (Fsp3) is 0.120. The minimum atomic E-state index is -0.103. The number of anilines is 1. The minimum Gasteiger partial charge on any atom is -0.496 e. The Bertz CT molecular complexity index is 1220. The number of rotatable bonds is 4. The first-order chi connectivity index (χ1) is 15.0. The monoisotopic (exact) mass is 492 g/mol. The number of benzene rings is 3. The quantitative estimate of drug-likeness (QED) is 0.372. The van der Waals surface area contributed by atoms with Crippen molar-refractivity contribution in [3.05, 3.63) is 92.8 Å². The van der Waals surface area contributed by atoms with Crippen LogP contribution < -0.4 is 9.64 Å². The third-order valence-corrected chi connectivity index (χ3v) is 6.43. The van der Waals surface area contributed by atoms with E-state index < -0.39 is 0 Å². The smallest absolute Gasteiger partial charge is 0.271 e. The Morgan fingerprint density at radius 2 is 1.71 bits per heavy atom. The Morgan fingerprint density at radius 1 is 1.00 bits per heavy atom. The molecule has 0 aromatic heterocycles. The summed E-state index contributed by atoms with van der Waals surface area (Å²) in [6.07, 6.45) is 1.86. The van der Waals surface area contributed by atoms with Gasteiger partial charge in [0.05, 0.1) is 23.4 Å². The molecule has 0 saturated carbocycles. The van der Waals surface area contributed by atoms with E-state index in [1.807, 2.05) is 86.7 Å². The topological polar surface area (TPSA) is 41.9 Å². The summed E-state index contributed by atoms with van der Waals surface area (Å²) in [5.74, 6) is 0.601. The maximum absolute atomic E-state index is 13.5. The van der Waals surface area contributed by atoms with Crippen LogP contribution in [0.5, 0.6) is 5.75 Å². The zero-order chi connectivity index (χ0) is 22.0. The number of carbonyl (C=O) groups excluding carboxylic acids is 1. The summed E-state index contributed by atoms with van der Waals surface area (Å²) in [6, 6.07) is 21.5. The minimum absolute atomic E-state index is 0.103. The van der Waals surface area contributed by atoms with Crippen LogP contribution in [-0.4, -0.2) is 18.2 Å². The third kappa shape index (κ3) is 4.45. The van der Waals surface area contributed by atoms with Crippen LogP contribution in [0.4, 0.5) is 11.4 Å². The zero-order valence-electron chi connectivity index (χ0n) is 17.4. The lowest BCUT2D eigenvalue weighted by Crippen LogP contribution is -2.29. The molecule has 0 N–H and O–H groups in total. The molecule has 156 valence electrons. The fourth-order valence-electron chi connectivity index (χ4n) is 3.33. The number of carbonyl (C=O) groups is 1. The number of ether oxygens (including phenoxy) is 1. The molecule has 0 bridgehead atoms. The third-order valence-electron chi connectivity index (χ3n) is 4.97. The molecule has 4 nitrogen and oxygen atoms in total. The van der Waals surface area contributed by atoms with Crippen LogP contribution in [0.25, 0.3) is 6.08 Å². The normalized spacial score (nSPS) is 16.4. The molecule has 1 saturated heterocycles. The standard InChI is InChI=1S/C25H21BrN2O2S/c1-16-8-4-6-10-20(16)27-25-28(21-11-7-5-9-17(21)2)24(29)23(31-25)15-18-14-19(26)12-13-22(18)30-3/h4-15H,1-3H3/b23-15-,27-25?. The summed E-state index contributed by atoms with van der Waals surface area (Å²) in [6.45, 7) is 4.01. The highest BCUT2D eigenvalue weighted by Gasteiger charge is 2.35. The van der Waals surface area contributed by atoms with Gasteiger partial charge in [0.15, 0.2) is 5.17 Å². The second kappa shape index (κ2) is 9.12. The molecule has 1 aliphatic heterocycles.